The van der Waals surface area contributed by atoms with E-state index in [4.69, 9.17) is 0 Å². The number of benzene rings is 4. The van der Waals surface area contributed by atoms with Gasteiger partial charge in [-0.1, -0.05) is 60.4 Å². The van der Waals surface area contributed by atoms with Gasteiger partial charge in [0, 0.05) is 38.6 Å². The third kappa shape index (κ3) is 5.24. The third-order valence-corrected chi connectivity index (χ3v) is 6.66. The van der Waals surface area contributed by atoms with Crippen molar-refractivity contribution in [2.45, 2.75) is 40.8 Å². The molecule has 0 saturated heterocycles. The molecule has 0 radical (unpaired) electrons. The van der Waals surface area contributed by atoms with Gasteiger partial charge in [-0.2, -0.15) is 0 Å². The SMILES string of the molecule is Cc1cc2[c-]c(c1)-c1cc(C)ccc1N(C)Cc1[c-]c(cc(C)c1)-c1cc(C)ccc1N(C)C2.[Pt+4]. The number of aryl methyl sites for hydroxylation is 4. The minimum atomic E-state index is 0. The molecule has 4 aromatic rings. The van der Waals surface area contributed by atoms with Crippen LogP contribution >= 0.6 is 0 Å². The number of anilines is 2. The summed E-state index contributed by atoms with van der Waals surface area (Å²) in [7, 11) is 4.36. The average Bonchev–Trinajstić information content (AvgIpc) is 2.77. The summed E-state index contributed by atoms with van der Waals surface area (Å²) in [6.45, 7) is 10.3. The minimum Gasteiger partial charge on any atom is -0.379 e. The summed E-state index contributed by atoms with van der Waals surface area (Å²) in [4.78, 5) is 4.68. The molecule has 0 atom stereocenters. The van der Waals surface area contributed by atoms with E-state index in [0.29, 0.717) is 0 Å². The summed E-state index contributed by atoms with van der Waals surface area (Å²) >= 11 is 0. The molecular weight excluding hydrogens is 607 g/mol. The third-order valence-electron chi connectivity index (χ3n) is 6.66. The van der Waals surface area contributed by atoms with Gasteiger partial charge in [0.1, 0.15) is 0 Å². The Balaban J connectivity index is 0.00000289. The second-order valence-corrected chi connectivity index (χ2v) is 9.95. The van der Waals surface area contributed by atoms with E-state index in [1.165, 1.54) is 55.9 Å². The van der Waals surface area contributed by atoms with E-state index in [9.17, 15) is 0 Å². The Morgan fingerprint density at radius 2 is 0.943 bits per heavy atom. The summed E-state index contributed by atoms with van der Waals surface area (Å²) in [5.41, 5.74) is 14.7. The molecular formula is C32H32N2Pt+2. The van der Waals surface area contributed by atoms with Crippen LogP contribution in [0.1, 0.15) is 33.4 Å². The first kappa shape index (κ1) is 25.3. The van der Waals surface area contributed by atoms with Crippen molar-refractivity contribution in [3.05, 3.63) is 106 Å². The Morgan fingerprint density at radius 1 is 0.543 bits per heavy atom. The van der Waals surface area contributed by atoms with E-state index >= 15 is 0 Å². The van der Waals surface area contributed by atoms with Crippen LogP contribution < -0.4 is 9.80 Å². The Bertz CT molecular complexity index is 1280. The van der Waals surface area contributed by atoms with Crippen LogP contribution in [-0.4, -0.2) is 14.1 Å². The molecule has 1 heterocycles. The van der Waals surface area contributed by atoms with Gasteiger partial charge in [-0.05, 0) is 26.0 Å². The second kappa shape index (κ2) is 10.0. The van der Waals surface area contributed by atoms with Crippen LogP contribution in [0.2, 0.25) is 0 Å². The van der Waals surface area contributed by atoms with E-state index in [-0.39, 0.29) is 21.1 Å². The number of rotatable bonds is 0. The molecule has 178 valence electrons. The second-order valence-electron chi connectivity index (χ2n) is 9.95. The summed E-state index contributed by atoms with van der Waals surface area (Å²) < 4.78 is 0. The molecule has 5 rings (SSSR count). The van der Waals surface area contributed by atoms with Crippen molar-refractivity contribution >= 4 is 11.4 Å². The van der Waals surface area contributed by atoms with Crippen molar-refractivity contribution in [3.8, 4) is 22.3 Å². The predicted octanol–water partition coefficient (Wildman–Crippen LogP) is 7.44. The zero-order chi connectivity index (χ0) is 24.0. The molecule has 1 aliphatic heterocycles. The number of hydrogen-bond donors (Lipinski definition) is 0. The zero-order valence-corrected chi connectivity index (χ0v) is 23.7. The minimum absolute atomic E-state index is 0. The van der Waals surface area contributed by atoms with Crippen molar-refractivity contribution in [2.75, 3.05) is 23.9 Å². The zero-order valence-electron chi connectivity index (χ0n) is 21.4. The van der Waals surface area contributed by atoms with Gasteiger partial charge in [0.25, 0.3) is 0 Å². The fraction of sp³-hybridized carbons (Fsp3) is 0.250. The quantitative estimate of drug-likeness (QED) is 0.185. The molecule has 0 aliphatic carbocycles. The van der Waals surface area contributed by atoms with E-state index in [0.717, 1.165) is 24.2 Å². The molecule has 1 aliphatic rings. The van der Waals surface area contributed by atoms with Crippen LogP contribution in [0, 0.1) is 39.8 Å². The van der Waals surface area contributed by atoms with Gasteiger partial charge in [-0.3, -0.25) is 0 Å². The van der Waals surface area contributed by atoms with Crippen molar-refractivity contribution in [2.24, 2.45) is 0 Å². The van der Waals surface area contributed by atoms with E-state index in [1.54, 1.807) is 0 Å². The molecule has 35 heavy (non-hydrogen) atoms. The van der Waals surface area contributed by atoms with Crippen molar-refractivity contribution in [3.63, 3.8) is 0 Å². The summed E-state index contributed by atoms with van der Waals surface area (Å²) in [5, 5.41) is 0. The summed E-state index contributed by atoms with van der Waals surface area (Å²) in [6.07, 6.45) is 0. The fourth-order valence-electron chi connectivity index (χ4n) is 5.12. The first-order valence-electron chi connectivity index (χ1n) is 12.0. The van der Waals surface area contributed by atoms with Gasteiger partial charge < -0.3 is 9.80 Å². The maximum absolute atomic E-state index is 3.76. The topological polar surface area (TPSA) is 6.48 Å². The van der Waals surface area contributed by atoms with Crippen molar-refractivity contribution in [1.29, 1.82) is 0 Å². The molecule has 4 bridgehead atoms. The molecule has 0 unspecified atom stereocenters. The van der Waals surface area contributed by atoms with Gasteiger partial charge in [-0.15, -0.1) is 69.8 Å². The van der Waals surface area contributed by atoms with Gasteiger partial charge in [0.15, 0.2) is 0 Å². The van der Waals surface area contributed by atoms with Gasteiger partial charge in [-0.25, -0.2) is 0 Å². The van der Waals surface area contributed by atoms with Crippen LogP contribution in [0.15, 0.2) is 60.7 Å². The first-order valence-corrected chi connectivity index (χ1v) is 12.0. The summed E-state index contributed by atoms with van der Waals surface area (Å²) in [5.74, 6) is 0. The molecule has 0 aromatic heterocycles. The maximum atomic E-state index is 3.76. The van der Waals surface area contributed by atoms with Crippen molar-refractivity contribution < 1.29 is 21.1 Å². The van der Waals surface area contributed by atoms with Crippen LogP contribution in [0.3, 0.4) is 0 Å². The molecule has 2 nitrogen and oxygen atoms in total. The maximum Gasteiger partial charge on any atom is 4.00 e. The first-order chi connectivity index (χ1) is 16.3. The molecule has 0 N–H and O–H groups in total. The van der Waals surface area contributed by atoms with Crippen molar-refractivity contribution in [1.82, 2.24) is 0 Å². The van der Waals surface area contributed by atoms with Gasteiger partial charge in [0.2, 0.25) is 0 Å². The van der Waals surface area contributed by atoms with E-state index in [2.05, 4.69) is 124 Å². The Labute approximate surface area is 224 Å². The monoisotopic (exact) mass is 639 g/mol. The number of fused-ring (bicyclic) bond motifs is 8. The molecule has 0 spiro atoms. The standard InChI is InChI=1S/C32H32N2.Pt/c1-21-7-9-31-29(15-21)27-13-23(3)11-25(17-27)20-34(6)32-10-8-22(2)16-30(32)28-14-24(4)12-26(18-28)19-33(31)5;/h7-16H,19-20H2,1-6H3;/q-2;+4. The van der Waals surface area contributed by atoms with Gasteiger partial charge >= 0.3 is 21.1 Å². The molecule has 3 heteroatoms. The largest absolute Gasteiger partial charge is 4.00 e. The fourth-order valence-corrected chi connectivity index (χ4v) is 5.12. The van der Waals surface area contributed by atoms with Crippen LogP contribution in [-0.2, 0) is 34.2 Å². The Morgan fingerprint density at radius 3 is 1.34 bits per heavy atom. The molecule has 4 aromatic carbocycles. The normalized spacial score (nSPS) is 12.9. The number of hydrogen-bond acceptors (Lipinski definition) is 2. The Hall–Kier alpha value is -2.83. The molecule has 0 saturated carbocycles. The Kier molecular flexibility index (Phi) is 7.24. The summed E-state index contributed by atoms with van der Waals surface area (Å²) in [6, 6.07) is 30.0. The van der Waals surface area contributed by atoms with Crippen LogP contribution in [0.4, 0.5) is 11.4 Å². The van der Waals surface area contributed by atoms with Crippen LogP contribution in [0.25, 0.3) is 22.3 Å². The van der Waals surface area contributed by atoms with Crippen LogP contribution in [0.5, 0.6) is 0 Å². The van der Waals surface area contributed by atoms with E-state index < -0.39 is 0 Å². The molecule has 0 amide bonds. The van der Waals surface area contributed by atoms with Gasteiger partial charge in [0.05, 0.1) is 0 Å². The number of nitrogens with zero attached hydrogens (tertiary/aromatic N) is 2. The smallest absolute Gasteiger partial charge is 0.379 e. The predicted molar refractivity (Wildman–Crippen MR) is 145 cm³/mol. The average molecular weight is 640 g/mol. The molecule has 0 fully saturated rings. The van der Waals surface area contributed by atoms with E-state index in [1.807, 2.05) is 0 Å².